The van der Waals surface area contributed by atoms with Crippen molar-refractivity contribution in [3.05, 3.63) is 29.8 Å². The first-order chi connectivity index (χ1) is 7.31. The molecule has 1 aromatic rings. The smallest absolute Gasteiger partial charge is 0.145 e. The van der Waals surface area contributed by atoms with Gasteiger partial charge in [0.15, 0.2) is 0 Å². The molecule has 0 aliphatic carbocycles. The Bertz CT molecular complexity index is 417. The van der Waals surface area contributed by atoms with E-state index < -0.39 is 0 Å². The fourth-order valence-electron chi connectivity index (χ4n) is 2.00. The number of hydrogen-bond acceptors (Lipinski definition) is 2. The van der Waals surface area contributed by atoms with Crippen molar-refractivity contribution >= 4 is 11.5 Å². The Balaban J connectivity index is 2.08. The van der Waals surface area contributed by atoms with Crippen LogP contribution in [0.5, 0.6) is 0 Å². The minimum absolute atomic E-state index is 0.154. The highest BCUT2D eigenvalue weighted by atomic mass is 16.1. The largest absolute Gasteiger partial charge is 0.384 e. The van der Waals surface area contributed by atoms with Gasteiger partial charge in [-0.2, -0.15) is 0 Å². The Morgan fingerprint density at radius 1 is 1.53 bits per heavy atom. The minimum Gasteiger partial charge on any atom is -0.384 e. The third-order valence-electron chi connectivity index (χ3n) is 2.71. The summed E-state index contributed by atoms with van der Waals surface area (Å²) < 4.78 is 0. The summed E-state index contributed by atoms with van der Waals surface area (Å²) in [6.07, 6.45) is 5.91. The highest BCUT2D eigenvalue weighted by molar-refractivity contribution is 5.82. The van der Waals surface area contributed by atoms with Crippen molar-refractivity contribution in [2.75, 3.05) is 11.9 Å². The second-order valence-electron chi connectivity index (χ2n) is 3.79. The maximum Gasteiger partial charge on any atom is 0.145 e. The lowest BCUT2D eigenvalue weighted by atomic mass is 9.95. The molecular weight excluding hydrogens is 186 g/mol. The minimum atomic E-state index is 0.154. The van der Waals surface area contributed by atoms with E-state index in [4.69, 9.17) is 6.42 Å². The van der Waals surface area contributed by atoms with Gasteiger partial charge < -0.3 is 5.32 Å². The van der Waals surface area contributed by atoms with Gasteiger partial charge in [-0.15, -0.1) is 6.42 Å². The summed E-state index contributed by atoms with van der Waals surface area (Å²) >= 11 is 0. The summed E-state index contributed by atoms with van der Waals surface area (Å²) in [6, 6.07) is 8.12. The van der Waals surface area contributed by atoms with Crippen LogP contribution in [-0.2, 0) is 4.79 Å². The van der Waals surface area contributed by atoms with Gasteiger partial charge in [-0.25, -0.2) is 0 Å². The van der Waals surface area contributed by atoms with Gasteiger partial charge in [0.05, 0.1) is 6.42 Å². The van der Waals surface area contributed by atoms with Gasteiger partial charge in [-0.3, -0.25) is 4.79 Å². The highest BCUT2D eigenvalue weighted by Gasteiger charge is 2.23. The monoisotopic (exact) mass is 199 g/mol. The van der Waals surface area contributed by atoms with Crippen LogP contribution in [0.2, 0.25) is 0 Å². The van der Waals surface area contributed by atoms with Crippen molar-refractivity contribution in [2.24, 2.45) is 0 Å². The van der Waals surface area contributed by atoms with Crippen molar-refractivity contribution in [3.63, 3.8) is 0 Å². The first-order valence-corrected chi connectivity index (χ1v) is 5.09. The molecule has 1 atom stereocenters. The van der Waals surface area contributed by atoms with Gasteiger partial charge in [0.2, 0.25) is 0 Å². The normalized spacial score (nSPS) is 17.7. The van der Waals surface area contributed by atoms with Crippen LogP contribution >= 0.6 is 0 Å². The van der Waals surface area contributed by atoms with Crippen LogP contribution in [0.25, 0.3) is 0 Å². The van der Waals surface area contributed by atoms with Gasteiger partial charge in [-0.05, 0) is 11.6 Å². The van der Waals surface area contributed by atoms with Gasteiger partial charge in [0.25, 0.3) is 0 Å². The molecule has 1 aliphatic rings. The van der Waals surface area contributed by atoms with Crippen molar-refractivity contribution in [2.45, 2.75) is 18.8 Å². The first kappa shape index (κ1) is 9.79. The predicted octanol–water partition coefficient (Wildman–Crippen LogP) is 2.18. The quantitative estimate of drug-likeness (QED) is 0.756. The fraction of sp³-hybridized carbons (Fsp3) is 0.308. The lowest BCUT2D eigenvalue weighted by Crippen LogP contribution is -2.08. The van der Waals surface area contributed by atoms with Crippen molar-refractivity contribution in [1.29, 1.82) is 0 Å². The number of carbonyl (C=O) groups is 1. The van der Waals surface area contributed by atoms with Crippen LogP contribution in [0.15, 0.2) is 24.3 Å². The van der Waals surface area contributed by atoms with Crippen molar-refractivity contribution in [1.82, 2.24) is 0 Å². The van der Waals surface area contributed by atoms with Gasteiger partial charge in [-0.1, -0.05) is 24.1 Å². The summed E-state index contributed by atoms with van der Waals surface area (Å²) in [4.78, 5) is 11.4. The molecule has 0 aromatic heterocycles. The number of ketones is 1. The van der Waals surface area contributed by atoms with Crippen LogP contribution in [-0.4, -0.2) is 12.3 Å². The molecule has 0 bridgehead atoms. The SMILES string of the molecule is C#CCC(=O)CC1CNc2ccccc21. The Labute approximate surface area is 89.7 Å². The number of Topliss-reactive ketones (excluding diaryl/α,β-unsaturated/α-hetero) is 1. The van der Waals surface area contributed by atoms with Crippen LogP contribution in [0.3, 0.4) is 0 Å². The number of terminal acetylenes is 1. The molecule has 0 saturated heterocycles. The number of hydrogen-bond donors (Lipinski definition) is 1. The molecular formula is C13H13NO. The number of nitrogens with one attached hydrogen (secondary N) is 1. The molecule has 2 rings (SSSR count). The van der Waals surface area contributed by atoms with Crippen molar-refractivity contribution in [3.8, 4) is 12.3 Å². The maximum atomic E-state index is 11.4. The van der Waals surface area contributed by atoms with Crippen molar-refractivity contribution < 1.29 is 4.79 Å². The van der Waals surface area contributed by atoms with E-state index in [0.717, 1.165) is 12.2 Å². The van der Waals surface area contributed by atoms with E-state index >= 15 is 0 Å². The standard InChI is InChI=1S/C13H13NO/c1-2-5-11(15)8-10-9-14-13-7-4-3-6-12(10)13/h1,3-4,6-7,10,14H,5,8-9H2. The summed E-state index contributed by atoms with van der Waals surface area (Å²) in [5.41, 5.74) is 2.39. The molecule has 1 aliphatic heterocycles. The maximum absolute atomic E-state index is 11.4. The van der Waals surface area contributed by atoms with Gasteiger partial charge in [0, 0.05) is 24.6 Å². The lowest BCUT2D eigenvalue weighted by molar-refractivity contribution is -0.118. The average Bonchev–Trinajstić information content (AvgIpc) is 2.62. The van der Waals surface area contributed by atoms with E-state index in [1.165, 1.54) is 5.56 Å². The zero-order valence-electron chi connectivity index (χ0n) is 8.49. The average molecular weight is 199 g/mol. The Morgan fingerprint density at radius 2 is 2.33 bits per heavy atom. The number of carbonyl (C=O) groups excluding carboxylic acids is 1. The van der Waals surface area contributed by atoms with E-state index in [1.807, 2.05) is 18.2 Å². The molecule has 1 aromatic carbocycles. The number of para-hydroxylation sites is 1. The molecule has 2 heteroatoms. The third-order valence-corrected chi connectivity index (χ3v) is 2.71. The predicted molar refractivity (Wildman–Crippen MR) is 60.7 cm³/mol. The zero-order valence-corrected chi connectivity index (χ0v) is 8.49. The first-order valence-electron chi connectivity index (χ1n) is 5.09. The lowest BCUT2D eigenvalue weighted by Gasteiger charge is -2.07. The Morgan fingerprint density at radius 3 is 3.13 bits per heavy atom. The van der Waals surface area contributed by atoms with Gasteiger partial charge in [0.1, 0.15) is 5.78 Å². The van der Waals surface area contributed by atoms with Crippen LogP contribution in [0, 0.1) is 12.3 Å². The molecule has 0 saturated carbocycles. The van der Waals surface area contributed by atoms with E-state index in [2.05, 4.69) is 17.3 Å². The molecule has 0 amide bonds. The molecule has 2 nitrogen and oxygen atoms in total. The highest BCUT2D eigenvalue weighted by Crippen LogP contribution is 2.33. The van der Waals surface area contributed by atoms with E-state index in [9.17, 15) is 4.79 Å². The summed E-state index contributed by atoms with van der Waals surface area (Å²) in [5, 5.41) is 3.29. The van der Waals surface area contributed by atoms with Crippen LogP contribution < -0.4 is 5.32 Å². The number of anilines is 1. The van der Waals surface area contributed by atoms with Crippen LogP contribution in [0.1, 0.15) is 24.3 Å². The Hall–Kier alpha value is -1.75. The number of fused-ring (bicyclic) bond motifs is 1. The number of rotatable bonds is 3. The molecule has 1 unspecified atom stereocenters. The van der Waals surface area contributed by atoms with E-state index in [0.29, 0.717) is 12.3 Å². The van der Waals surface area contributed by atoms with E-state index in [1.54, 1.807) is 0 Å². The fourth-order valence-corrected chi connectivity index (χ4v) is 2.00. The second-order valence-corrected chi connectivity index (χ2v) is 3.79. The molecule has 15 heavy (non-hydrogen) atoms. The Kier molecular flexibility index (Phi) is 2.73. The van der Waals surface area contributed by atoms with Crippen LogP contribution in [0.4, 0.5) is 5.69 Å². The molecule has 0 spiro atoms. The summed E-state index contributed by atoms with van der Waals surface area (Å²) in [6.45, 7) is 0.843. The van der Waals surface area contributed by atoms with Gasteiger partial charge >= 0.3 is 0 Å². The molecule has 0 fully saturated rings. The molecule has 0 radical (unpaired) electrons. The molecule has 1 heterocycles. The van der Waals surface area contributed by atoms with E-state index in [-0.39, 0.29) is 12.2 Å². The summed E-state index contributed by atoms with van der Waals surface area (Å²) in [7, 11) is 0. The summed E-state index contributed by atoms with van der Waals surface area (Å²) in [5.74, 6) is 2.84. The zero-order chi connectivity index (χ0) is 10.7. The second kappa shape index (κ2) is 4.18. The topological polar surface area (TPSA) is 29.1 Å². The number of benzene rings is 1. The molecule has 1 N–H and O–H groups in total. The molecule has 76 valence electrons. The third kappa shape index (κ3) is 2.02.